The first-order chi connectivity index (χ1) is 16.0. The van der Waals surface area contributed by atoms with Gasteiger partial charge in [-0.15, -0.1) is 0 Å². The molecule has 0 bridgehead atoms. The van der Waals surface area contributed by atoms with E-state index >= 15 is 0 Å². The van der Waals surface area contributed by atoms with Crippen molar-refractivity contribution in [2.24, 2.45) is 0 Å². The number of ether oxygens (including phenoxy) is 1. The Labute approximate surface area is 199 Å². The summed E-state index contributed by atoms with van der Waals surface area (Å²) in [5, 5.41) is 2.34. The number of alkyl halides is 3. The van der Waals surface area contributed by atoms with Crippen LogP contribution >= 0.6 is 11.6 Å². The minimum Gasteiger partial charge on any atom is -0.482 e. The maximum absolute atomic E-state index is 14.0. The van der Waals surface area contributed by atoms with Gasteiger partial charge in [0.25, 0.3) is 0 Å². The van der Waals surface area contributed by atoms with Crippen LogP contribution in [0.5, 0.6) is 5.75 Å². The number of halogens is 5. The number of nitrogens with zero attached hydrogens (tertiary/aromatic N) is 1. The molecule has 0 radical (unpaired) electrons. The van der Waals surface area contributed by atoms with Crippen molar-refractivity contribution in [2.45, 2.75) is 43.2 Å². The lowest BCUT2D eigenvalue weighted by Gasteiger charge is -2.21. The number of nitrogens with one attached hydrogen (secondary N) is 1. The Morgan fingerprint density at radius 2 is 1.76 bits per heavy atom. The summed E-state index contributed by atoms with van der Waals surface area (Å²) < 4.78 is 84.4. The second-order valence-electron chi connectivity index (χ2n) is 7.81. The first kappa shape index (κ1) is 26.2. The number of amides is 1. The zero-order chi connectivity index (χ0) is 24.9. The van der Waals surface area contributed by atoms with E-state index in [4.69, 9.17) is 16.3 Å². The molecule has 1 heterocycles. The van der Waals surface area contributed by atoms with Gasteiger partial charge >= 0.3 is 6.18 Å². The zero-order valence-corrected chi connectivity index (χ0v) is 19.6. The van der Waals surface area contributed by atoms with Gasteiger partial charge in [-0.05, 0) is 43.2 Å². The van der Waals surface area contributed by atoms with E-state index in [1.165, 1.54) is 16.4 Å². The van der Waals surface area contributed by atoms with E-state index in [1.807, 2.05) is 0 Å². The van der Waals surface area contributed by atoms with Gasteiger partial charge in [-0.25, -0.2) is 12.8 Å². The monoisotopic (exact) mass is 522 g/mol. The SMILES string of the molecule is O=C(Cc1c(F)cccc1Cl)Nc1cc(S(=O)(=O)N2CCCCCC2)ccc1OCC(F)(F)F. The topological polar surface area (TPSA) is 75.7 Å². The number of hydrogen-bond acceptors (Lipinski definition) is 4. The molecular formula is C22H23ClF4N2O4S. The van der Waals surface area contributed by atoms with E-state index in [0.29, 0.717) is 25.9 Å². The third kappa shape index (κ3) is 6.83. The zero-order valence-electron chi connectivity index (χ0n) is 18.0. The smallest absolute Gasteiger partial charge is 0.422 e. The van der Waals surface area contributed by atoms with E-state index in [2.05, 4.69) is 5.32 Å². The molecule has 0 unspecified atom stereocenters. The number of carbonyl (C=O) groups excluding carboxylic acids is 1. The van der Waals surface area contributed by atoms with Gasteiger partial charge in [0.05, 0.1) is 17.0 Å². The maximum atomic E-state index is 14.0. The number of rotatable bonds is 7. The van der Waals surface area contributed by atoms with Crippen molar-refractivity contribution >= 4 is 33.2 Å². The Morgan fingerprint density at radius 3 is 2.38 bits per heavy atom. The Kier molecular flexibility index (Phi) is 8.43. The van der Waals surface area contributed by atoms with Gasteiger partial charge in [0, 0.05) is 23.7 Å². The Bertz CT molecular complexity index is 1110. The second-order valence-corrected chi connectivity index (χ2v) is 10.2. The van der Waals surface area contributed by atoms with E-state index in [1.54, 1.807) is 0 Å². The number of sulfonamides is 1. The molecule has 2 aromatic carbocycles. The first-order valence-corrected chi connectivity index (χ1v) is 12.4. The van der Waals surface area contributed by atoms with Crippen LogP contribution in [0.3, 0.4) is 0 Å². The summed E-state index contributed by atoms with van der Waals surface area (Å²) in [6.07, 6.45) is -1.99. The average molecular weight is 523 g/mol. The molecule has 0 spiro atoms. The fourth-order valence-corrected chi connectivity index (χ4v) is 5.31. The summed E-state index contributed by atoms with van der Waals surface area (Å²) in [4.78, 5) is 12.4. The quantitative estimate of drug-likeness (QED) is 0.509. The van der Waals surface area contributed by atoms with Crippen molar-refractivity contribution in [2.75, 3.05) is 25.0 Å². The van der Waals surface area contributed by atoms with E-state index in [-0.39, 0.29) is 26.9 Å². The van der Waals surface area contributed by atoms with Gasteiger partial charge in [-0.2, -0.15) is 17.5 Å². The van der Waals surface area contributed by atoms with E-state index in [0.717, 1.165) is 37.1 Å². The minimum absolute atomic E-state index is 0.00110. The van der Waals surface area contributed by atoms with Crippen LogP contribution in [0.25, 0.3) is 0 Å². The summed E-state index contributed by atoms with van der Waals surface area (Å²) >= 11 is 5.94. The van der Waals surface area contributed by atoms with Crippen LogP contribution in [0.1, 0.15) is 31.2 Å². The molecule has 1 aliphatic rings. The number of carbonyl (C=O) groups is 1. The van der Waals surface area contributed by atoms with Gasteiger partial charge in [0.2, 0.25) is 15.9 Å². The molecule has 1 aliphatic heterocycles. The molecular weight excluding hydrogens is 500 g/mol. The molecule has 0 aromatic heterocycles. The molecule has 3 rings (SSSR count). The molecule has 0 atom stereocenters. The minimum atomic E-state index is -4.65. The molecule has 1 saturated heterocycles. The van der Waals surface area contributed by atoms with Gasteiger partial charge in [0.15, 0.2) is 6.61 Å². The molecule has 0 saturated carbocycles. The Morgan fingerprint density at radius 1 is 1.09 bits per heavy atom. The first-order valence-electron chi connectivity index (χ1n) is 10.5. The van der Waals surface area contributed by atoms with Crippen molar-refractivity contribution in [3.8, 4) is 5.75 Å². The highest BCUT2D eigenvalue weighted by Crippen LogP contribution is 2.32. The van der Waals surface area contributed by atoms with E-state index < -0.39 is 41.0 Å². The van der Waals surface area contributed by atoms with Crippen LogP contribution in [-0.2, 0) is 21.2 Å². The molecule has 2 aromatic rings. The van der Waals surface area contributed by atoms with Crippen LogP contribution < -0.4 is 10.1 Å². The van der Waals surface area contributed by atoms with Gasteiger partial charge in [-0.1, -0.05) is 30.5 Å². The lowest BCUT2D eigenvalue weighted by Crippen LogP contribution is -2.32. The molecule has 1 N–H and O–H groups in total. The summed E-state index contributed by atoms with van der Waals surface area (Å²) in [7, 11) is -3.95. The highest BCUT2D eigenvalue weighted by Gasteiger charge is 2.30. The lowest BCUT2D eigenvalue weighted by atomic mass is 10.1. The highest BCUT2D eigenvalue weighted by atomic mass is 35.5. The van der Waals surface area contributed by atoms with Crippen molar-refractivity contribution in [3.63, 3.8) is 0 Å². The van der Waals surface area contributed by atoms with Crippen molar-refractivity contribution in [1.29, 1.82) is 0 Å². The Hall–Kier alpha value is -2.37. The van der Waals surface area contributed by atoms with Gasteiger partial charge in [0.1, 0.15) is 11.6 Å². The molecule has 1 amide bonds. The third-order valence-corrected chi connectivity index (χ3v) is 7.47. The van der Waals surface area contributed by atoms with Crippen LogP contribution in [-0.4, -0.2) is 44.5 Å². The molecule has 1 fully saturated rings. The van der Waals surface area contributed by atoms with Crippen molar-refractivity contribution in [3.05, 3.63) is 52.8 Å². The molecule has 34 heavy (non-hydrogen) atoms. The molecule has 186 valence electrons. The van der Waals surface area contributed by atoms with Crippen LogP contribution in [0.2, 0.25) is 5.02 Å². The van der Waals surface area contributed by atoms with Crippen LogP contribution in [0.4, 0.5) is 23.2 Å². The predicted octanol–water partition coefficient (Wildman–Crippen LogP) is 5.17. The van der Waals surface area contributed by atoms with Crippen LogP contribution in [0.15, 0.2) is 41.3 Å². The normalized spacial score (nSPS) is 15.6. The van der Waals surface area contributed by atoms with E-state index in [9.17, 15) is 30.8 Å². The molecule has 0 aliphatic carbocycles. The van der Waals surface area contributed by atoms with Crippen molar-refractivity contribution in [1.82, 2.24) is 4.31 Å². The standard InChI is InChI=1S/C22H23ClF4N2O4S/c23-17-6-5-7-18(24)16(17)13-21(30)28-19-12-15(8-9-20(19)33-14-22(25,26)27)34(31,32)29-10-3-1-2-4-11-29/h5-9,12H,1-4,10-11,13-14H2,(H,28,30). The fraction of sp³-hybridized carbons (Fsp3) is 0.409. The molecule has 12 heteroatoms. The number of benzene rings is 2. The molecule has 6 nitrogen and oxygen atoms in total. The lowest BCUT2D eigenvalue weighted by molar-refractivity contribution is -0.153. The predicted molar refractivity (Wildman–Crippen MR) is 119 cm³/mol. The summed E-state index contributed by atoms with van der Waals surface area (Å²) in [6.45, 7) is -1.00. The van der Waals surface area contributed by atoms with Crippen molar-refractivity contribution < 1.29 is 35.5 Å². The van der Waals surface area contributed by atoms with Crippen LogP contribution in [0, 0.1) is 5.82 Å². The maximum Gasteiger partial charge on any atom is 0.422 e. The summed E-state index contributed by atoms with van der Waals surface area (Å²) in [5.74, 6) is -1.91. The largest absolute Gasteiger partial charge is 0.482 e. The second kappa shape index (κ2) is 10.9. The van der Waals surface area contributed by atoms with Gasteiger partial charge in [-0.3, -0.25) is 4.79 Å². The fourth-order valence-electron chi connectivity index (χ4n) is 3.54. The average Bonchev–Trinajstić information content (AvgIpc) is 3.05. The number of anilines is 1. The summed E-state index contributed by atoms with van der Waals surface area (Å²) in [6, 6.07) is 7.10. The highest BCUT2D eigenvalue weighted by molar-refractivity contribution is 7.89. The number of hydrogen-bond donors (Lipinski definition) is 1. The summed E-state index contributed by atoms with van der Waals surface area (Å²) in [5.41, 5.74) is -0.384. The third-order valence-electron chi connectivity index (χ3n) is 5.22. The van der Waals surface area contributed by atoms with Gasteiger partial charge < -0.3 is 10.1 Å². The Balaban J connectivity index is 1.90.